The molecule has 0 spiro atoms. The SMILES string of the molecule is Clc1cc(-c2cc3ccccc3s2)nc2ccccc12. The Morgan fingerprint density at radius 3 is 2.60 bits per heavy atom. The van der Waals surface area contributed by atoms with Crippen molar-refractivity contribution in [2.75, 3.05) is 0 Å². The Labute approximate surface area is 125 Å². The largest absolute Gasteiger partial charge is 0.247 e. The molecule has 0 amide bonds. The second-order valence-corrected chi connectivity index (χ2v) is 6.15. The van der Waals surface area contributed by atoms with Gasteiger partial charge in [0.15, 0.2) is 0 Å². The average molecular weight is 296 g/mol. The first-order valence-electron chi connectivity index (χ1n) is 6.35. The molecule has 96 valence electrons. The summed E-state index contributed by atoms with van der Waals surface area (Å²) in [5.74, 6) is 0. The fraction of sp³-hybridized carbons (Fsp3) is 0. The van der Waals surface area contributed by atoms with Gasteiger partial charge in [0.1, 0.15) is 0 Å². The van der Waals surface area contributed by atoms with Crippen LogP contribution in [-0.2, 0) is 0 Å². The molecule has 1 nitrogen and oxygen atoms in total. The number of aromatic nitrogens is 1. The van der Waals surface area contributed by atoms with E-state index in [1.807, 2.05) is 30.3 Å². The van der Waals surface area contributed by atoms with E-state index in [0.29, 0.717) is 0 Å². The number of hydrogen-bond acceptors (Lipinski definition) is 2. The van der Waals surface area contributed by atoms with Crippen LogP contribution in [0.3, 0.4) is 0 Å². The molecule has 0 aliphatic rings. The molecule has 0 aliphatic heterocycles. The van der Waals surface area contributed by atoms with Crippen LogP contribution >= 0.6 is 22.9 Å². The van der Waals surface area contributed by atoms with Gasteiger partial charge in [-0.15, -0.1) is 11.3 Å². The molecule has 20 heavy (non-hydrogen) atoms. The van der Waals surface area contributed by atoms with Gasteiger partial charge in [-0.25, -0.2) is 4.98 Å². The summed E-state index contributed by atoms with van der Waals surface area (Å²) in [5, 5.41) is 3.00. The molecule has 0 fully saturated rings. The first kappa shape index (κ1) is 11.9. The standard InChI is InChI=1S/C17H10ClNS/c18-13-10-15(19-14-7-3-2-6-12(13)14)17-9-11-5-1-4-8-16(11)20-17/h1-10H. The van der Waals surface area contributed by atoms with Gasteiger partial charge in [0.2, 0.25) is 0 Å². The topological polar surface area (TPSA) is 12.9 Å². The molecular formula is C17H10ClNS. The third-order valence-corrected chi connectivity index (χ3v) is 4.79. The molecule has 0 unspecified atom stereocenters. The number of thiophene rings is 1. The fourth-order valence-corrected chi connectivity index (χ4v) is 3.65. The van der Waals surface area contributed by atoms with E-state index < -0.39 is 0 Å². The number of nitrogens with zero attached hydrogens (tertiary/aromatic N) is 1. The van der Waals surface area contributed by atoms with E-state index in [0.717, 1.165) is 26.5 Å². The zero-order valence-corrected chi connectivity index (χ0v) is 12.1. The number of para-hydroxylation sites is 1. The van der Waals surface area contributed by atoms with Crippen molar-refractivity contribution >= 4 is 43.9 Å². The third-order valence-electron chi connectivity index (χ3n) is 3.34. The van der Waals surface area contributed by atoms with Crippen LogP contribution < -0.4 is 0 Å². The van der Waals surface area contributed by atoms with Crippen molar-refractivity contribution < 1.29 is 0 Å². The normalized spacial score (nSPS) is 11.2. The molecule has 0 radical (unpaired) electrons. The van der Waals surface area contributed by atoms with Gasteiger partial charge in [0.25, 0.3) is 0 Å². The van der Waals surface area contributed by atoms with E-state index in [-0.39, 0.29) is 0 Å². The van der Waals surface area contributed by atoms with Crippen molar-refractivity contribution in [2.24, 2.45) is 0 Å². The highest BCUT2D eigenvalue weighted by Gasteiger charge is 2.08. The Hall–Kier alpha value is -1.90. The third kappa shape index (κ3) is 1.89. The van der Waals surface area contributed by atoms with Crippen LogP contribution in [0.1, 0.15) is 0 Å². The molecule has 0 atom stereocenters. The summed E-state index contributed by atoms with van der Waals surface area (Å²) < 4.78 is 1.27. The highest BCUT2D eigenvalue weighted by Crippen LogP contribution is 2.35. The van der Waals surface area contributed by atoms with E-state index in [9.17, 15) is 0 Å². The van der Waals surface area contributed by atoms with Crippen molar-refractivity contribution in [3.05, 3.63) is 65.7 Å². The summed E-state index contributed by atoms with van der Waals surface area (Å²) in [7, 11) is 0. The molecule has 0 bridgehead atoms. The molecule has 0 N–H and O–H groups in total. The Morgan fingerprint density at radius 2 is 1.70 bits per heavy atom. The van der Waals surface area contributed by atoms with E-state index in [1.165, 1.54) is 10.1 Å². The zero-order valence-electron chi connectivity index (χ0n) is 10.5. The van der Waals surface area contributed by atoms with E-state index >= 15 is 0 Å². The second-order valence-electron chi connectivity index (χ2n) is 4.65. The van der Waals surface area contributed by atoms with Crippen LogP contribution in [0, 0.1) is 0 Å². The summed E-state index contributed by atoms with van der Waals surface area (Å²) in [6.45, 7) is 0. The summed E-state index contributed by atoms with van der Waals surface area (Å²) >= 11 is 8.12. The van der Waals surface area contributed by atoms with Crippen molar-refractivity contribution in [1.29, 1.82) is 0 Å². The van der Waals surface area contributed by atoms with Gasteiger partial charge >= 0.3 is 0 Å². The summed E-state index contributed by atoms with van der Waals surface area (Å²) in [6.07, 6.45) is 0. The van der Waals surface area contributed by atoms with Gasteiger partial charge in [-0.3, -0.25) is 0 Å². The lowest BCUT2D eigenvalue weighted by atomic mass is 10.2. The zero-order chi connectivity index (χ0) is 13.5. The van der Waals surface area contributed by atoms with Crippen LogP contribution in [0.4, 0.5) is 0 Å². The van der Waals surface area contributed by atoms with E-state index in [1.54, 1.807) is 11.3 Å². The number of hydrogen-bond donors (Lipinski definition) is 0. The van der Waals surface area contributed by atoms with Gasteiger partial charge in [-0.05, 0) is 29.7 Å². The van der Waals surface area contributed by atoms with Crippen molar-refractivity contribution in [2.45, 2.75) is 0 Å². The molecule has 0 aliphatic carbocycles. The first-order valence-corrected chi connectivity index (χ1v) is 7.55. The van der Waals surface area contributed by atoms with E-state index in [4.69, 9.17) is 16.6 Å². The smallest absolute Gasteiger partial charge is 0.0824 e. The van der Waals surface area contributed by atoms with E-state index in [2.05, 4.69) is 30.3 Å². The number of pyridine rings is 1. The van der Waals surface area contributed by atoms with Crippen molar-refractivity contribution in [3.8, 4) is 10.6 Å². The van der Waals surface area contributed by atoms with Crippen LogP contribution in [0.15, 0.2) is 60.7 Å². The number of rotatable bonds is 1. The maximum atomic E-state index is 6.38. The molecule has 2 aromatic heterocycles. The molecule has 0 saturated carbocycles. The highest BCUT2D eigenvalue weighted by atomic mass is 35.5. The Morgan fingerprint density at radius 1 is 0.900 bits per heavy atom. The lowest BCUT2D eigenvalue weighted by Gasteiger charge is -2.03. The molecule has 0 saturated heterocycles. The van der Waals surface area contributed by atoms with Gasteiger partial charge in [0.05, 0.1) is 21.1 Å². The Bertz CT molecular complexity index is 893. The Kier molecular flexibility index (Phi) is 2.72. The highest BCUT2D eigenvalue weighted by molar-refractivity contribution is 7.22. The number of benzene rings is 2. The van der Waals surface area contributed by atoms with Crippen LogP contribution in [0.25, 0.3) is 31.6 Å². The summed E-state index contributed by atoms with van der Waals surface area (Å²) in [5.41, 5.74) is 1.88. The predicted molar refractivity (Wildman–Crippen MR) is 87.6 cm³/mol. The van der Waals surface area contributed by atoms with Gasteiger partial charge < -0.3 is 0 Å². The minimum absolute atomic E-state index is 0.753. The summed E-state index contributed by atoms with van der Waals surface area (Å²) in [6, 6.07) is 20.5. The lowest BCUT2D eigenvalue weighted by Crippen LogP contribution is -1.84. The lowest BCUT2D eigenvalue weighted by molar-refractivity contribution is 1.42. The minimum atomic E-state index is 0.753. The quantitative estimate of drug-likeness (QED) is 0.434. The van der Waals surface area contributed by atoms with Crippen LogP contribution in [-0.4, -0.2) is 4.98 Å². The monoisotopic (exact) mass is 295 g/mol. The first-order chi connectivity index (χ1) is 9.81. The molecule has 3 heteroatoms. The summed E-state index contributed by atoms with van der Waals surface area (Å²) in [4.78, 5) is 5.88. The van der Waals surface area contributed by atoms with Crippen LogP contribution in [0.5, 0.6) is 0 Å². The molecule has 4 rings (SSSR count). The minimum Gasteiger partial charge on any atom is -0.247 e. The van der Waals surface area contributed by atoms with Crippen LogP contribution in [0.2, 0.25) is 5.02 Å². The molecular weight excluding hydrogens is 286 g/mol. The number of halogens is 1. The maximum Gasteiger partial charge on any atom is 0.0824 e. The average Bonchev–Trinajstić information content (AvgIpc) is 2.91. The molecule has 2 heterocycles. The van der Waals surface area contributed by atoms with Crippen molar-refractivity contribution in [3.63, 3.8) is 0 Å². The predicted octanol–water partition coefficient (Wildman–Crippen LogP) is 5.77. The fourth-order valence-electron chi connectivity index (χ4n) is 2.37. The van der Waals surface area contributed by atoms with Crippen molar-refractivity contribution in [1.82, 2.24) is 4.98 Å². The number of fused-ring (bicyclic) bond motifs is 2. The van der Waals surface area contributed by atoms with Gasteiger partial charge in [0, 0.05) is 10.1 Å². The molecule has 2 aromatic carbocycles. The second kappa shape index (κ2) is 4.58. The van der Waals surface area contributed by atoms with Gasteiger partial charge in [-0.1, -0.05) is 48.0 Å². The Balaban J connectivity index is 1.97. The molecule has 4 aromatic rings. The maximum absolute atomic E-state index is 6.38. The van der Waals surface area contributed by atoms with Gasteiger partial charge in [-0.2, -0.15) is 0 Å².